The van der Waals surface area contributed by atoms with Crippen molar-refractivity contribution in [3.05, 3.63) is 56.4 Å². The second-order valence-corrected chi connectivity index (χ2v) is 9.50. The Labute approximate surface area is 215 Å². The molecule has 0 aromatic heterocycles. The minimum atomic E-state index is -0.780. The van der Waals surface area contributed by atoms with E-state index in [1.165, 1.54) is 6.08 Å². The van der Waals surface area contributed by atoms with Crippen LogP contribution in [0.5, 0.6) is 11.5 Å². The van der Waals surface area contributed by atoms with Crippen LogP contribution in [0.15, 0.2) is 39.7 Å². The van der Waals surface area contributed by atoms with Gasteiger partial charge in [0.1, 0.15) is 6.54 Å². The molecule has 0 saturated carbocycles. The van der Waals surface area contributed by atoms with E-state index in [0.29, 0.717) is 45.6 Å². The van der Waals surface area contributed by atoms with Crippen LogP contribution in [0.2, 0.25) is 0 Å². The molecule has 1 aliphatic rings. The molecule has 3 rings (SSSR count). The van der Waals surface area contributed by atoms with E-state index in [1.807, 2.05) is 32.0 Å². The number of thioether (sulfide) groups is 1. The van der Waals surface area contributed by atoms with Gasteiger partial charge in [-0.25, -0.2) is 0 Å². The van der Waals surface area contributed by atoms with Gasteiger partial charge in [-0.1, -0.05) is 17.7 Å². The lowest BCUT2D eigenvalue weighted by molar-refractivity contribution is -0.127. The molecule has 0 radical (unpaired) electrons. The Kier molecular flexibility index (Phi) is 8.57. The Bertz CT molecular complexity index is 1230. The maximum Gasteiger partial charge on any atom is 0.294 e. The topological polar surface area (TPSA) is 128 Å². The van der Waals surface area contributed by atoms with Crippen molar-refractivity contribution in [1.82, 2.24) is 4.90 Å². The number of carbonyl (C=O) groups is 4. The van der Waals surface area contributed by atoms with E-state index in [0.717, 1.165) is 16.0 Å². The molecule has 0 atom stereocenters. The van der Waals surface area contributed by atoms with E-state index in [9.17, 15) is 19.2 Å². The molecule has 11 heteroatoms. The highest BCUT2D eigenvalue weighted by molar-refractivity contribution is 9.10. The minimum absolute atomic E-state index is 0.145. The third-order valence-corrected chi connectivity index (χ3v) is 6.32. The number of rotatable bonds is 9. The van der Waals surface area contributed by atoms with Gasteiger partial charge in [0.2, 0.25) is 5.91 Å². The van der Waals surface area contributed by atoms with Crippen LogP contribution in [0.4, 0.5) is 10.5 Å². The summed E-state index contributed by atoms with van der Waals surface area (Å²) in [5.41, 5.74) is 8.41. The Hall–Kier alpha value is -3.31. The molecule has 0 spiro atoms. The Morgan fingerprint density at radius 2 is 1.91 bits per heavy atom. The van der Waals surface area contributed by atoms with Gasteiger partial charge in [-0.05, 0) is 83.9 Å². The average molecular weight is 562 g/mol. The number of amides is 4. The lowest BCUT2D eigenvalue weighted by Gasteiger charge is -2.15. The number of imide groups is 1. The van der Waals surface area contributed by atoms with Crippen LogP contribution in [0.3, 0.4) is 0 Å². The minimum Gasteiger partial charge on any atom is -0.490 e. The van der Waals surface area contributed by atoms with Crippen LogP contribution in [0.1, 0.15) is 23.6 Å². The number of anilines is 1. The first-order valence-electron chi connectivity index (χ1n) is 10.6. The zero-order valence-electron chi connectivity index (χ0n) is 19.3. The van der Waals surface area contributed by atoms with Crippen molar-refractivity contribution in [2.75, 3.05) is 25.1 Å². The molecule has 2 aromatic rings. The van der Waals surface area contributed by atoms with Crippen LogP contribution in [-0.2, 0) is 14.4 Å². The van der Waals surface area contributed by atoms with Crippen molar-refractivity contribution in [3.63, 3.8) is 0 Å². The van der Waals surface area contributed by atoms with Gasteiger partial charge in [0.25, 0.3) is 17.1 Å². The molecule has 0 bridgehead atoms. The lowest BCUT2D eigenvalue weighted by atomic mass is 10.1. The van der Waals surface area contributed by atoms with Gasteiger partial charge in [-0.15, -0.1) is 0 Å². The third-order valence-electron chi connectivity index (χ3n) is 4.82. The number of nitrogens with one attached hydrogen (secondary N) is 1. The van der Waals surface area contributed by atoms with E-state index in [1.54, 1.807) is 19.1 Å². The Morgan fingerprint density at radius 3 is 2.57 bits per heavy atom. The van der Waals surface area contributed by atoms with E-state index < -0.39 is 23.6 Å². The first kappa shape index (κ1) is 26.3. The van der Waals surface area contributed by atoms with Crippen molar-refractivity contribution in [3.8, 4) is 11.5 Å². The molecule has 35 heavy (non-hydrogen) atoms. The first-order chi connectivity index (χ1) is 16.6. The van der Waals surface area contributed by atoms with Gasteiger partial charge < -0.3 is 20.5 Å². The summed E-state index contributed by atoms with van der Waals surface area (Å²) < 4.78 is 11.9. The van der Waals surface area contributed by atoms with Crippen LogP contribution in [0, 0.1) is 13.8 Å². The first-order valence-corrected chi connectivity index (χ1v) is 12.2. The largest absolute Gasteiger partial charge is 0.490 e. The van der Waals surface area contributed by atoms with Gasteiger partial charge >= 0.3 is 0 Å². The molecule has 184 valence electrons. The van der Waals surface area contributed by atoms with Crippen LogP contribution in [0.25, 0.3) is 6.08 Å². The number of nitrogens with two attached hydrogens (primary N) is 1. The standard InChI is InChI=1S/C24H24BrN3O6S/c1-4-33-18-9-15(10-19-23(31)28(11-20(26)29)24(32)35-19)8-16(25)22(18)34-12-21(30)27-17-6-5-13(2)7-14(17)3/h5-10H,4,11-12H2,1-3H3,(H2,26,29)(H,27,30)/b19-10-. The van der Waals surface area contributed by atoms with Crippen molar-refractivity contribution in [2.45, 2.75) is 20.8 Å². The number of primary amides is 1. The van der Waals surface area contributed by atoms with Gasteiger partial charge in [-0.2, -0.15) is 0 Å². The summed E-state index contributed by atoms with van der Waals surface area (Å²) in [6, 6.07) is 9.02. The molecular weight excluding hydrogens is 538 g/mol. The van der Waals surface area contributed by atoms with Crippen LogP contribution >= 0.6 is 27.7 Å². The predicted molar refractivity (Wildman–Crippen MR) is 137 cm³/mol. The fraction of sp³-hybridized carbons (Fsp3) is 0.250. The number of benzene rings is 2. The molecule has 1 aliphatic heterocycles. The lowest BCUT2D eigenvalue weighted by Crippen LogP contribution is -2.36. The number of aryl methyl sites for hydroxylation is 2. The third kappa shape index (κ3) is 6.64. The highest BCUT2D eigenvalue weighted by atomic mass is 79.9. The summed E-state index contributed by atoms with van der Waals surface area (Å²) in [6.45, 7) is 5.28. The highest BCUT2D eigenvalue weighted by Gasteiger charge is 2.36. The zero-order chi connectivity index (χ0) is 25.7. The number of nitrogens with zero attached hydrogens (tertiary/aromatic N) is 1. The number of hydrogen-bond donors (Lipinski definition) is 2. The molecule has 1 saturated heterocycles. The number of hydrogen-bond acceptors (Lipinski definition) is 7. The average Bonchev–Trinajstić information content (AvgIpc) is 3.02. The summed E-state index contributed by atoms with van der Waals surface area (Å²) in [5.74, 6) is -1.04. The molecule has 9 nitrogen and oxygen atoms in total. The highest BCUT2D eigenvalue weighted by Crippen LogP contribution is 2.39. The molecule has 2 aromatic carbocycles. The molecule has 3 N–H and O–H groups in total. The molecule has 1 fully saturated rings. The van der Waals surface area contributed by atoms with Crippen molar-refractivity contribution >= 4 is 62.4 Å². The van der Waals surface area contributed by atoms with Gasteiger partial charge in [0.15, 0.2) is 18.1 Å². The summed E-state index contributed by atoms with van der Waals surface area (Å²) >= 11 is 4.14. The van der Waals surface area contributed by atoms with Crippen molar-refractivity contribution < 1.29 is 28.7 Å². The van der Waals surface area contributed by atoms with Crippen molar-refractivity contribution in [1.29, 1.82) is 0 Å². The summed E-state index contributed by atoms with van der Waals surface area (Å²) in [5, 5.41) is 2.26. The monoisotopic (exact) mass is 561 g/mol. The van der Waals surface area contributed by atoms with Gasteiger partial charge in [-0.3, -0.25) is 24.1 Å². The zero-order valence-corrected chi connectivity index (χ0v) is 21.7. The fourth-order valence-corrected chi connectivity index (χ4v) is 4.71. The van der Waals surface area contributed by atoms with Gasteiger partial charge in [0, 0.05) is 5.69 Å². The fourth-order valence-electron chi connectivity index (χ4n) is 3.30. The number of halogens is 1. The van der Waals surface area contributed by atoms with Crippen molar-refractivity contribution in [2.24, 2.45) is 5.73 Å². The Balaban J connectivity index is 1.77. The van der Waals surface area contributed by atoms with Crippen LogP contribution < -0.4 is 20.5 Å². The summed E-state index contributed by atoms with van der Waals surface area (Å²) in [6.07, 6.45) is 1.51. The van der Waals surface area contributed by atoms with E-state index >= 15 is 0 Å². The molecule has 4 amide bonds. The Morgan fingerprint density at radius 1 is 1.17 bits per heavy atom. The molecule has 0 aliphatic carbocycles. The van der Waals surface area contributed by atoms with Gasteiger partial charge in [0.05, 0.1) is 16.0 Å². The number of carbonyl (C=O) groups excluding carboxylic acids is 4. The smallest absolute Gasteiger partial charge is 0.294 e. The second-order valence-electron chi connectivity index (χ2n) is 7.65. The van der Waals surface area contributed by atoms with E-state index in [4.69, 9.17) is 15.2 Å². The normalized spacial score (nSPS) is 14.4. The molecular formula is C24H24BrN3O6S. The quantitative estimate of drug-likeness (QED) is 0.442. The summed E-state index contributed by atoms with van der Waals surface area (Å²) in [7, 11) is 0. The SMILES string of the molecule is CCOc1cc(/C=C2\SC(=O)N(CC(N)=O)C2=O)cc(Br)c1OCC(=O)Nc1ccc(C)cc1C. The second kappa shape index (κ2) is 11.4. The maximum atomic E-state index is 12.5. The van der Waals surface area contributed by atoms with E-state index in [2.05, 4.69) is 21.2 Å². The summed E-state index contributed by atoms with van der Waals surface area (Å²) in [4.78, 5) is 49.1. The molecule has 1 heterocycles. The molecule has 0 unspecified atom stereocenters. The number of ether oxygens (including phenoxy) is 2. The predicted octanol–water partition coefficient (Wildman–Crippen LogP) is 4.00. The van der Waals surface area contributed by atoms with E-state index in [-0.39, 0.29) is 17.4 Å². The maximum absolute atomic E-state index is 12.5. The van der Waals surface area contributed by atoms with Crippen LogP contribution in [-0.4, -0.2) is 47.6 Å².